The lowest BCUT2D eigenvalue weighted by atomic mass is 9.95. The molecule has 1 fully saturated rings. The molecular weight excluding hydrogens is 318 g/mol. The van der Waals surface area contributed by atoms with Gasteiger partial charge in [-0.3, -0.25) is 0 Å². The van der Waals surface area contributed by atoms with E-state index in [1.165, 1.54) is 30.4 Å². The van der Waals surface area contributed by atoms with Gasteiger partial charge in [0.05, 0.1) is 17.7 Å². The first-order valence-corrected chi connectivity index (χ1v) is 8.36. The van der Waals surface area contributed by atoms with Crippen molar-refractivity contribution in [1.29, 1.82) is 0 Å². The number of hydrogen-bond donors (Lipinski definition) is 1. The predicted molar refractivity (Wildman–Crippen MR) is 83.8 cm³/mol. The van der Waals surface area contributed by atoms with Crippen LogP contribution in [0.5, 0.6) is 11.5 Å². The fourth-order valence-electron chi connectivity index (χ4n) is 3.04. The molecule has 20 heavy (non-hydrogen) atoms. The lowest BCUT2D eigenvalue weighted by Gasteiger charge is -2.25. The fraction of sp³-hybridized carbons (Fsp3) is 0.625. The molecular formula is C16H22BrNO2. The van der Waals surface area contributed by atoms with E-state index >= 15 is 0 Å². The van der Waals surface area contributed by atoms with Gasteiger partial charge in [0.25, 0.3) is 0 Å². The number of ether oxygens (including phenoxy) is 2. The summed E-state index contributed by atoms with van der Waals surface area (Å²) in [6.07, 6.45) is 5.93. The zero-order valence-corrected chi connectivity index (χ0v) is 13.6. The Hall–Kier alpha value is -0.740. The van der Waals surface area contributed by atoms with Crippen molar-refractivity contribution in [3.63, 3.8) is 0 Å². The van der Waals surface area contributed by atoms with E-state index in [9.17, 15) is 0 Å². The van der Waals surface area contributed by atoms with Gasteiger partial charge in [-0.15, -0.1) is 0 Å². The minimum Gasteiger partial charge on any atom is -0.489 e. The Morgan fingerprint density at radius 2 is 2.00 bits per heavy atom. The molecule has 0 aliphatic carbocycles. The fourth-order valence-corrected chi connectivity index (χ4v) is 3.61. The summed E-state index contributed by atoms with van der Waals surface area (Å²) in [5.74, 6) is 1.81. The minimum atomic E-state index is 0.596. The largest absolute Gasteiger partial charge is 0.489 e. The van der Waals surface area contributed by atoms with Crippen LogP contribution >= 0.6 is 15.9 Å². The van der Waals surface area contributed by atoms with Crippen LogP contribution in [0.4, 0.5) is 0 Å². The SMILES string of the molecule is Cc1c(CC2CCCCN2)cc(Br)c2c1OCCCO2. The Bertz CT molecular complexity index is 484. The first kappa shape index (κ1) is 14.2. The van der Waals surface area contributed by atoms with Crippen LogP contribution in [0.25, 0.3) is 0 Å². The van der Waals surface area contributed by atoms with Crippen molar-refractivity contribution in [3.05, 3.63) is 21.7 Å². The van der Waals surface area contributed by atoms with Crippen molar-refractivity contribution in [2.75, 3.05) is 19.8 Å². The van der Waals surface area contributed by atoms with Crippen molar-refractivity contribution >= 4 is 15.9 Å². The summed E-state index contributed by atoms with van der Waals surface area (Å²) in [5.41, 5.74) is 2.60. The molecule has 0 spiro atoms. The Morgan fingerprint density at radius 3 is 2.75 bits per heavy atom. The topological polar surface area (TPSA) is 30.5 Å². The summed E-state index contributed by atoms with van der Waals surface area (Å²) in [4.78, 5) is 0. The third kappa shape index (κ3) is 2.96. The molecule has 0 amide bonds. The second-order valence-electron chi connectivity index (χ2n) is 5.70. The second-order valence-corrected chi connectivity index (χ2v) is 6.56. The third-order valence-corrected chi connectivity index (χ3v) is 4.80. The van der Waals surface area contributed by atoms with Crippen LogP contribution in [-0.4, -0.2) is 25.8 Å². The zero-order chi connectivity index (χ0) is 13.9. The molecule has 1 unspecified atom stereocenters. The van der Waals surface area contributed by atoms with Crippen molar-refractivity contribution < 1.29 is 9.47 Å². The van der Waals surface area contributed by atoms with Gasteiger partial charge in [0, 0.05) is 12.5 Å². The molecule has 0 radical (unpaired) electrons. The standard InChI is InChI=1S/C16H22BrNO2/c1-11-12(9-13-5-2-3-6-18-13)10-14(17)16-15(11)19-7-4-8-20-16/h10,13,18H,2-9H2,1H3. The van der Waals surface area contributed by atoms with Gasteiger partial charge in [0.15, 0.2) is 11.5 Å². The zero-order valence-electron chi connectivity index (χ0n) is 12.0. The van der Waals surface area contributed by atoms with Gasteiger partial charge in [0.1, 0.15) is 0 Å². The molecule has 2 heterocycles. The van der Waals surface area contributed by atoms with E-state index in [0.29, 0.717) is 6.04 Å². The van der Waals surface area contributed by atoms with E-state index in [0.717, 1.165) is 48.6 Å². The molecule has 1 saturated heterocycles. The molecule has 1 aromatic rings. The summed E-state index contributed by atoms with van der Waals surface area (Å²) in [6, 6.07) is 2.80. The highest BCUT2D eigenvalue weighted by Crippen LogP contribution is 2.41. The van der Waals surface area contributed by atoms with Gasteiger partial charge in [-0.2, -0.15) is 0 Å². The first-order valence-electron chi connectivity index (χ1n) is 7.56. The van der Waals surface area contributed by atoms with Crippen molar-refractivity contribution in [2.45, 2.75) is 45.1 Å². The lowest BCUT2D eigenvalue weighted by Crippen LogP contribution is -2.35. The van der Waals surface area contributed by atoms with Crippen LogP contribution in [0.2, 0.25) is 0 Å². The van der Waals surface area contributed by atoms with Gasteiger partial charge < -0.3 is 14.8 Å². The smallest absolute Gasteiger partial charge is 0.175 e. The molecule has 0 aromatic heterocycles. The van der Waals surface area contributed by atoms with Gasteiger partial charge in [0.2, 0.25) is 0 Å². The molecule has 3 rings (SSSR count). The minimum absolute atomic E-state index is 0.596. The Labute approximate surface area is 129 Å². The maximum atomic E-state index is 5.91. The van der Waals surface area contributed by atoms with Crippen LogP contribution in [0.15, 0.2) is 10.5 Å². The van der Waals surface area contributed by atoms with Crippen LogP contribution in [0, 0.1) is 6.92 Å². The maximum absolute atomic E-state index is 5.91. The molecule has 0 bridgehead atoms. The average Bonchev–Trinajstić information content (AvgIpc) is 2.72. The Morgan fingerprint density at radius 1 is 1.20 bits per heavy atom. The van der Waals surface area contributed by atoms with Gasteiger partial charge >= 0.3 is 0 Å². The van der Waals surface area contributed by atoms with Crippen molar-refractivity contribution in [1.82, 2.24) is 5.32 Å². The van der Waals surface area contributed by atoms with Crippen molar-refractivity contribution in [3.8, 4) is 11.5 Å². The number of rotatable bonds is 2. The van der Waals surface area contributed by atoms with E-state index in [4.69, 9.17) is 9.47 Å². The average molecular weight is 340 g/mol. The lowest BCUT2D eigenvalue weighted by molar-refractivity contribution is 0.296. The number of nitrogens with one attached hydrogen (secondary N) is 1. The summed E-state index contributed by atoms with van der Waals surface area (Å²) >= 11 is 3.64. The Balaban J connectivity index is 1.87. The van der Waals surface area contributed by atoms with E-state index in [1.54, 1.807) is 0 Å². The molecule has 3 nitrogen and oxygen atoms in total. The van der Waals surface area contributed by atoms with Crippen molar-refractivity contribution in [2.24, 2.45) is 0 Å². The summed E-state index contributed by atoms with van der Waals surface area (Å²) in [5, 5.41) is 3.62. The normalized spacial score (nSPS) is 22.4. The van der Waals surface area contributed by atoms with Gasteiger partial charge in [-0.05, 0) is 65.9 Å². The number of fused-ring (bicyclic) bond motifs is 1. The van der Waals surface area contributed by atoms with Gasteiger partial charge in [-0.25, -0.2) is 0 Å². The number of halogens is 1. The number of benzene rings is 1. The molecule has 110 valence electrons. The maximum Gasteiger partial charge on any atom is 0.175 e. The molecule has 1 atom stereocenters. The van der Waals surface area contributed by atoms with Crippen LogP contribution in [0.1, 0.15) is 36.8 Å². The highest BCUT2D eigenvalue weighted by molar-refractivity contribution is 9.10. The van der Waals surface area contributed by atoms with E-state index in [1.807, 2.05) is 0 Å². The predicted octanol–water partition coefficient (Wildman–Crippen LogP) is 3.60. The van der Waals surface area contributed by atoms with Gasteiger partial charge in [-0.1, -0.05) is 6.42 Å². The summed E-state index contributed by atoms with van der Waals surface area (Å²) in [6.45, 7) is 4.77. The van der Waals surface area contributed by atoms with Crippen LogP contribution in [-0.2, 0) is 6.42 Å². The second kappa shape index (κ2) is 6.35. The number of hydrogen-bond acceptors (Lipinski definition) is 3. The molecule has 4 heteroatoms. The van der Waals surface area contributed by atoms with E-state index in [2.05, 4.69) is 34.2 Å². The summed E-state index contributed by atoms with van der Waals surface area (Å²) in [7, 11) is 0. The van der Waals surface area contributed by atoms with Crippen LogP contribution < -0.4 is 14.8 Å². The molecule has 2 aliphatic rings. The highest BCUT2D eigenvalue weighted by Gasteiger charge is 2.21. The Kier molecular flexibility index (Phi) is 4.51. The number of piperidine rings is 1. The van der Waals surface area contributed by atoms with E-state index in [-0.39, 0.29) is 0 Å². The quantitative estimate of drug-likeness (QED) is 0.892. The first-order chi connectivity index (χ1) is 9.75. The monoisotopic (exact) mass is 339 g/mol. The molecule has 2 aliphatic heterocycles. The van der Waals surface area contributed by atoms with E-state index < -0.39 is 0 Å². The molecule has 1 aromatic carbocycles. The summed E-state index contributed by atoms with van der Waals surface area (Å²) < 4.78 is 12.8. The van der Waals surface area contributed by atoms with Crippen LogP contribution in [0.3, 0.4) is 0 Å². The highest BCUT2D eigenvalue weighted by atomic mass is 79.9. The molecule has 0 saturated carbocycles. The molecule has 1 N–H and O–H groups in total. The third-order valence-electron chi connectivity index (χ3n) is 4.21.